The Balaban J connectivity index is 1.25. The average molecular weight is 461 g/mol. The predicted octanol–water partition coefficient (Wildman–Crippen LogP) is 3.30. The summed E-state index contributed by atoms with van der Waals surface area (Å²) in [4.78, 5) is 38.9. The molecule has 1 saturated carbocycles. The Kier molecular flexibility index (Phi) is 4.97. The number of aromatic amines is 1. The third-order valence-corrected chi connectivity index (χ3v) is 7.29. The van der Waals surface area contributed by atoms with Gasteiger partial charge in [-0.05, 0) is 66.5 Å². The Morgan fingerprint density at radius 2 is 1.85 bits per heavy atom. The zero-order chi connectivity index (χ0) is 23.4. The summed E-state index contributed by atoms with van der Waals surface area (Å²) in [5, 5.41) is 6.61. The standard InChI is InChI=1S/C26H25FN4O3/c27-21-13-19(18-4-1-16-6-8-23(32)20(16)12-18)5-7-22(21)31-24(28-29-26(31)34)11-15-9-10-30(14-15)25(33)17-2-3-17/h1,4-5,7,12-13,15,17H,2-3,6,8-11,14H2,(H,29,34)/t15-/m0/s1. The van der Waals surface area contributed by atoms with Gasteiger partial charge in [0.15, 0.2) is 5.78 Å². The summed E-state index contributed by atoms with van der Waals surface area (Å²) in [7, 11) is 0. The summed E-state index contributed by atoms with van der Waals surface area (Å²) < 4.78 is 16.6. The van der Waals surface area contributed by atoms with Crippen molar-refractivity contribution >= 4 is 11.7 Å². The van der Waals surface area contributed by atoms with Gasteiger partial charge in [-0.15, -0.1) is 0 Å². The summed E-state index contributed by atoms with van der Waals surface area (Å²) in [5.41, 5.74) is 2.80. The van der Waals surface area contributed by atoms with E-state index in [1.165, 1.54) is 10.6 Å². The lowest BCUT2D eigenvalue weighted by molar-refractivity contribution is -0.131. The van der Waals surface area contributed by atoms with Gasteiger partial charge in [-0.2, -0.15) is 5.10 Å². The lowest BCUT2D eigenvalue weighted by Gasteiger charge is -2.16. The number of hydrogen-bond acceptors (Lipinski definition) is 4. The van der Waals surface area contributed by atoms with Crippen molar-refractivity contribution in [3.05, 3.63) is 69.7 Å². The fourth-order valence-corrected chi connectivity index (χ4v) is 5.25. The van der Waals surface area contributed by atoms with Crippen LogP contribution in [0.4, 0.5) is 4.39 Å². The fourth-order valence-electron chi connectivity index (χ4n) is 5.25. The molecule has 2 heterocycles. The molecule has 0 radical (unpaired) electrons. The van der Waals surface area contributed by atoms with Gasteiger partial charge >= 0.3 is 5.69 Å². The number of Topliss-reactive ketones (excluding diaryl/α,β-unsaturated/α-hetero) is 1. The molecule has 0 spiro atoms. The van der Waals surface area contributed by atoms with Crippen LogP contribution < -0.4 is 5.69 Å². The first kappa shape index (κ1) is 21.0. The number of halogens is 1. The van der Waals surface area contributed by atoms with Crippen LogP contribution in [0.25, 0.3) is 16.8 Å². The Hall–Kier alpha value is -3.55. The van der Waals surface area contributed by atoms with Crippen LogP contribution in [0.1, 0.15) is 47.4 Å². The van der Waals surface area contributed by atoms with Crippen LogP contribution in [0.2, 0.25) is 0 Å². The first-order chi connectivity index (χ1) is 16.5. The number of benzene rings is 2. The zero-order valence-electron chi connectivity index (χ0n) is 18.7. The SMILES string of the molecule is O=C1CCc2ccc(-c3ccc(-n4c(C[C@@H]5CCN(C(=O)C6CC6)C5)n[nH]c4=O)c(F)c3)cc21. The van der Waals surface area contributed by atoms with Crippen LogP contribution in [0, 0.1) is 17.7 Å². The highest BCUT2D eigenvalue weighted by Gasteiger charge is 2.37. The lowest BCUT2D eigenvalue weighted by atomic mass is 10.00. The van der Waals surface area contributed by atoms with Crippen molar-refractivity contribution in [2.45, 2.75) is 38.5 Å². The molecule has 174 valence electrons. The van der Waals surface area contributed by atoms with Gasteiger partial charge in [-0.3, -0.25) is 9.59 Å². The number of H-pyrrole nitrogens is 1. The van der Waals surface area contributed by atoms with Gasteiger partial charge in [-0.1, -0.05) is 18.2 Å². The Morgan fingerprint density at radius 1 is 1.06 bits per heavy atom. The number of nitrogens with one attached hydrogen (secondary N) is 1. The number of aryl methyl sites for hydroxylation is 1. The van der Waals surface area contributed by atoms with Gasteiger partial charge in [0.2, 0.25) is 5.91 Å². The molecule has 3 aromatic rings. The first-order valence-corrected chi connectivity index (χ1v) is 11.9. The molecule has 2 fully saturated rings. The highest BCUT2D eigenvalue weighted by molar-refractivity contribution is 6.01. The molecule has 3 aliphatic rings. The molecular formula is C26H25FN4O3. The fraction of sp³-hybridized carbons (Fsp3) is 0.385. The number of nitrogens with zero attached hydrogens (tertiary/aromatic N) is 3. The van der Waals surface area contributed by atoms with Gasteiger partial charge in [-0.25, -0.2) is 18.9 Å². The topological polar surface area (TPSA) is 88.1 Å². The second-order valence-corrected chi connectivity index (χ2v) is 9.66. The molecule has 1 aromatic heterocycles. The van der Waals surface area contributed by atoms with Crippen LogP contribution in [-0.4, -0.2) is 44.4 Å². The maximum atomic E-state index is 15.3. The monoisotopic (exact) mass is 460 g/mol. The quantitative estimate of drug-likeness (QED) is 0.633. The molecule has 0 bridgehead atoms. The van der Waals surface area contributed by atoms with Crippen molar-refractivity contribution in [1.29, 1.82) is 0 Å². The molecule has 7 nitrogen and oxygen atoms in total. The molecule has 0 unspecified atom stereocenters. The van der Waals surface area contributed by atoms with E-state index < -0.39 is 11.5 Å². The molecule has 1 N–H and O–H groups in total. The molecule has 2 aliphatic carbocycles. The van der Waals surface area contributed by atoms with E-state index in [-0.39, 0.29) is 29.2 Å². The van der Waals surface area contributed by atoms with Gasteiger partial charge in [0.25, 0.3) is 0 Å². The lowest BCUT2D eigenvalue weighted by Crippen LogP contribution is -2.30. The molecule has 1 aliphatic heterocycles. The number of hydrogen-bond donors (Lipinski definition) is 1. The van der Waals surface area contributed by atoms with Gasteiger partial charge in [0.05, 0.1) is 5.69 Å². The van der Waals surface area contributed by atoms with Crippen molar-refractivity contribution in [1.82, 2.24) is 19.7 Å². The smallest absolute Gasteiger partial charge is 0.342 e. The van der Waals surface area contributed by atoms with E-state index in [9.17, 15) is 14.4 Å². The summed E-state index contributed by atoms with van der Waals surface area (Å²) in [6.45, 7) is 1.37. The van der Waals surface area contributed by atoms with Crippen LogP contribution in [0.5, 0.6) is 0 Å². The second kappa shape index (κ2) is 8.04. The molecular weight excluding hydrogens is 435 g/mol. The number of carbonyl (C=O) groups is 2. The second-order valence-electron chi connectivity index (χ2n) is 9.66. The minimum atomic E-state index is -0.536. The van der Waals surface area contributed by atoms with E-state index in [0.29, 0.717) is 36.3 Å². The van der Waals surface area contributed by atoms with Crippen molar-refractivity contribution in [3.63, 3.8) is 0 Å². The third-order valence-electron chi connectivity index (χ3n) is 7.29. The van der Waals surface area contributed by atoms with Crippen LogP contribution in [0.3, 0.4) is 0 Å². The van der Waals surface area contributed by atoms with E-state index in [4.69, 9.17) is 0 Å². The maximum Gasteiger partial charge on any atom is 0.348 e. The molecule has 2 aromatic carbocycles. The number of likely N-dealkylation sites (tertiary alicyclic amines) is 1. The van der Waals surface area contributed by atoms with Crippen molar-refractivity contribution in [2.24, 2.45) is 11.8 Å². The normalized spacial score (nSPS) is 19.6. The van der Waals surface area contributed by atoms with Gasteiger partial charge in [0, 0.05) is 37.4 Å². The molecule has 1 amide bonds. The Bertz CT molecular complexity index is 1370. The number of amides is 1. The zero-order valence-corrected chi connectivity index (χ0v) is 18.7. The largest absolute Gasteiger partial charge is 0.348 e. The minimum Gasteiger partial charge on any atom is -0.342 e. The minimum absolute atomic E-state index is 0.118. The van der Waals surface area contributed by atoms with Crippen molar-refractivity contribution in [2.75, 3.05) is 13.1 Å². The number of ketones is 1. The number of fused-ring (bicyclic) bond motifs is 1. The van der Waals surface area contributed by atoms with Crippen LogP contribution in [-0.2, 0) is 17.6 Å². The molecule has 6 rings (SSSR count). The number of carbonyl (C=O) groups excluding carboxylic acids is 2. The van der Waals surface area contributed by atoms with E-state index >= 15 is 4.39 Å². The van der Waals surface area contributed by atoms with Crippen molar-refractivity contribution in [3.8, 4) is 16.8 Å². The molecule has 34 heavy (non-hydrogen) atoms. The summed E-state index contributed by atoms with van der Waals surface area (Å²) >= 11 is 0. The highest BCUT2D eigenvalue weighted by Crippen LogP contribution is 2.34. The third kappa shape index (κ3) is 3.67. The average Bonchev–Trinajstić information content (AvgIpc) is 3.33. The van der Waals surface area contributed by atoms with Crippen LogP contribution >= 0.6 is 0 Å². The Labute approximate surface area is 195 Å². The van der Waals surface area contributed by atoms with Crippen molar-refractivity contribution < 1.29 is 14.0 Å². The molecule has 1 saturated heterocycles. The summed E-state index contributed by atoms with van der Waals surface area (Å²) in [6, 6.07) is 10.4. The van der Waals surface area contributed by atoms with Gasteiger partial charge in [0.1, 0.15) is 11.6 Å². The molecule has 1 atom stereocenters. The molecule has 8 heteroatoms. The van der Waals surface area contributed by atoms with E-state index in [2.05, 4.69) is 10.2 Å². The number of aromatic nitrogens is 3. The van der Waals surface area contributed by atoms with Crippen LogP contribution in [0.15, 0.2) is 41.2 Å². The summed E-state index contributed by atoms with van der Waals surface area (Å²) in [6.07, 6.45) is 4.57. The Morgan fingerprint density at radius 3 is 2.65 bits per heavy atom. The van der Waals surface area contributed by atoms with E-state index in [1.807, 2.05) is 23.1 Å². The first-order valence-electron chi connectivity index (χ1n) is 11.9. The van der Waals surface area contributed by atoms with Gasteiger partial charge < -0.3 is 4.90 Å². The summed E-state index contributed by atoms with van der Waals surface area (Å²) in [5.74, 6) is 0.655. The van der Waals surface area contributed by atoms with E-state index in [1.54, 1.807) is 12.1 Å². The highest BCUT2D eigenvalue weighted by atomic mass is 19.1. The number of rotatable bonds is 5. The van der Waals surface area contributed by atoms with E-state index in [0.717, 1.165) is 43.4 Å². The predicted molar refractivity (Wildman–Crippen MR) is 123 cm³/mol. The maximum absolute atomic E-state index is 15.3.